The molecule has 0 radical (unpaired) electrons. The van der Waals surface area contributed by atoms with Crippen molar-refractivity contribution in [2.45, 2.75) is 51.5 Å². The first-order valence-corrected chi connectivity index (χ1v) is 6.45. The van der Waals surface area contributed by atoms with Crippen molar-refractivity contribution in [2.75, 3.05) is 13.1 Å². The van der Waals surface area contributed by atoms with Gasteiger partial charge in [-0.15, -0.1) is 0 Å². The molecule has 0 aromatic carbocycles. The van der Waals surface area contributed by atoms with E-state index in [0.717, 1.165) is 12.3 Å². The Morgan fingerprint density at radius 2 is 1.93 bits per heavy atom. The van der Waals surface area contributed by atoms with Gasteiger partial charge < -0.3 is 0 Å². The second kappa shape index (κ2) is 4.99. The van der Waals surface area contributed by atoms with Gasteiger partial charge in [-0.25, -0.2) is 0 Å². The molecule has 1 heterocycles. The number of rotatable bonds is 1. The van der Waals surface area contributed by atoms with Crippen LogP contribution in [0.4, 0.5) is 0 Å². The number of hydrogen-bond donors (Lipinski definition) is 0. The second-order valence-electron chi connectivity index (χ2n) is 5.31. The van der Waals surface area contributed by atoms with E-state index in [1.807, 2.05) is 0 Å². The summed E-state index contributed by atoms with van der Waals surface area (Å²) >= 11 is 0. The highest BCUT2D eigenvalue weighted by Crippen LogP contribution is 2.31. The standard InChI is InChI=1S/C13H22N2/c1-11-4-3-8-15(9-7-11)13-6-2-5-12(13)10-14/h11-13H,2-9H2,1H3. The average molecular weight is 206 g/mol. The van der Waals surface area contributed by atoms with Crippen molar-refractivity contribution >= 4 is 0 Å². The maximum absolute atomic E-state index is 9.11. The first kappa shape index (κ1) is 11.0. The Balaban J connectivity index is 1.94. The maximum Gasteiger partial charge on any atom is 0.0672 e. The number of nitrogens with zero attached hydrogens (tertiary/aromatic N) is 2. The summed E-state index contributed by atoms with van der Waals surface area (Å²) in [5.74, 6) is 1.20. The zero-order chi connectivity index (χ0) is 10.7. The van der Waals surface area contributed by atoms with Crippen molar-refractivity contribution in [2.24, 2.45) is 11.8 Å². The molecule has 0 aromatic rings. The van der Waals surface area contributed by atoms with Gasteiger partial charge in [-0.1, -0.05) is 13.3 Å². The van der Waals surface area contributed by atoms with Gasteiger partial charge in [0.1, 0.15) is 0 Å². The van der Waals surface area contributed by atoms with E-state index < -0.39 is 0 Å². The van der Waals surface area contributed by atoms with Crippen molar-refractivity contribution in [1.29, 1.82) is 5.26 Å². The normalized spacial score (nSPS) is 38.5. The van der Waals surface area contributed by atoms with E-state index >= 15 is 0 Å². The first-order valence-electron chi connectivity index (χ1n) is 6.45. The van der Waals surface area contributed by atoms with E-state index in [2.05, 4.69) is 17.9 Å². The van der Waals surface area contributed by atoms with E-state index in [1.54, 1.807) is 0 Å². The monoisotopic (exact) mass is 206 g/mol. The van der Waals surface area contributed by atoms with Crippen LogP contribution >= 0.6 is 0 Å². The summed E-state index contributed by atoms with van der Waals surface area (Å²) < 4.78 is 0. The molecule has 1 saturated carbocycles. The van der Waals surface area contributed by atoms with E-state index in [4.69, 9.17) is 5.26 Å². The fourth-order valence-electron chi connectivity index (χ4n) is 3.14. The lowest BCUT2D eigenvalue weighted by Gasteiger charge is -2.29. The van der Waals surface area contributed by atoms with E-state index in [9.17, 15) is 0 Å². The fourth-order valence-corrected chi connectivity index (χ4v) is 3.14. The summed E-state index contributed by atoms with van der Waals surface area (Å²) in [6.45, 7) is 4.82. The lowest BCUT2D eigenvalue weighted by molar-refractivity contribution is 0.183. The molecule has 2 aliphatic rings. The highest BCUT2D eigenvalue weighted by molar-refractivity contribution is 4.97. The quantitative estimate of drug-likeness (QED) is 0.659. The molecule has 0 spiro atoms. The van der Waals surface area contributed by atoms with Crippen LogP contribution < -0.4 is 0 Å². The van der Waals surface area contributed by atoms with Crippen molar-refractivity contribution in [1.82, 2.24) is 4.90 Å². The third-order valence-electron chi connectivity index (χ3n) is 4.17. The summed E-state index contributed by atoms with van der Waals surface area (Å²) in [5.41, 5.74) is 0. The molecule has 3 atom stereocenters. The Morgan fingerprint density at radius 1 is 1.07 bits per heavy atom. The van der Waals surface area contributed by atoms with E-state index in [-0.39, 0.29) is 0 Å². The molecule has 84 valence electrons. The van der Waals surface area contributed by atoms with Crippen LogP contribution in [0.3, 0.4) is 0 Å². The van der Waals surface area contributed by atoms with Crippen LogP contribution in [0.5, 0.6) is 0 Å². The predicted octanol–water partition coefficient (Wildman–Crippen LogP) is 2.80. The molecule has 0 amide bonds. The third-order valence-corrected chi connectivity index (χ3v) is 4.17. The molecule has 1 saturated heterocycles. The molecule has 2 heteroatoms. The SMILES string of the molecule is CC1CCCN(C2CCCC2C#N)CC1. The highest BCUT2D eigenvalue weighted by Gasteiger charge is 2.32. The molecule has 2 nitrogen and oxygen atoms in total. The molecule has 15 heavy (non-hydrogen) atoms. The fraction of sp³-hybridized carbons (Fsp3) is 0.923. The molecule has 1 aliphatic heterocycles. The molecule has 0 bridgehead atoms. The first-order chi connectivity index (χ1) is 7.31. The van der Waals surface area contributed by atoms with Crippen LogP contribution in [-0.2, 0) is 0 Å². The predicted molar refractivity (Wildman–Crippen MR) is 61.3 cm³/mol. The minimum Gasteiger partial charge on any atom is -0.299 e. The van der Waals surface area contributed by atoms with Crippen LogP contribution in [0, 0.1) is 23.2 Å². The van der Waals surface area contributed by atoms with E-state index in [1.165, 1.54) is 45.2 Å². The number of likely N-dealkylation sites (tertiary alicyclic amines) is 1. The molecule has 2 fully saturated rings. The summed E-state index contributed by atoms with van der Waals surface area (Å²) in [6.07, 6.45) is 7.68. The van der Waals surface area contributed by atoms with Crippen LogP contribution in [0.25, 0.3) is 0 Å². The molecule has 0 aromatic heterocycles. The van der Waals surface area contributed by atoms with Gasteiger partial charge in [0.25, 0.3) is 0 Å². The molecule has 1 aliphatic carbocycles. The zero-order valence-corrected chi connectivity index (χ0v) is 9.78. The van der Waals surface area contributed by atoms with Crippen LogP contribution in [0.2, 0.25) is 0 Å². The lowest BCUT2D eigenvalue weighted by atomic mass is 10.0. The van der Waals surface area contributed by atoms with Gasteiger partial charge in [0, 0.05) is 6.04 Å². The van der Waals surface area contributed by atoms with Gasteiger partial charge in [0.2, 0.25) is 0 Å². The Bertz CT molecular complexity index is 243. The van der Waals surface area contributed by atoms with Crippen molar-refractivity contribution in [3.8, 4) is 6.07 Å². The van der Waals surface area contributed by atoms with Crippen LogP contribution in [0.15, 0.2) is 0 Å². The zero-order valence-electron chi connectivity index (χ0n) is 9.78. The van der Waals surface area contributed by atoms with Gasteiger partial charge in [-0.05, 0) is 51.1 Å². The summed E-state index contributed by atoms with van der Waals surface area (Å²) in [5, 5.41) is 9.11. The molecule has 0 N–H and O–H groups in total. The number of hydrogen-bond acceptors (Lipinski definition) is 2. The summed E-state index contributed by atoms with van der Waals surface area (Å²) in [7, 11) is 0. The minimum atomic E-state index is 0.318. The summed E-state index contributed by atoms with van der Waals surface area (Å²) in [6, 6.07) is 3.08. The smallest absolute Gasteiger partial charge is 0.0672 e. The second-order valence-corrected chi connectivity index (χ2v) is 5.31. The molecule has 3 unspecified atom stereocenters. The van der Waals surface area contributed by atoms with Crippen molar-refractivity contribution in [3.63, 3.8) is 0 Å². The molecular weight excluding hydrogens is 184 g/mol. The van der Waals surface area contributed by atoms with Crippen molar-refractivity contribution < 1.29 is 0 Å². The highest BCUT2D eigenvalue weighted by atomic mass is 15.2. The average Bonchev–Trinajstić information content (AvgIpc) is 2.61. The van der Waals surface area contributed by atoms with Gasteiger partial charge in [0.15, 0.2) is 0 Å². The Morgan fingerprint density at radius 3 is 2.73 bits per heavy atom. The minimum absolute atomic E-state index is 0.318. The maximum atomic E-state index is 9.11. The lowest BCUT2D eigenvalue weighted by Crippen LogP contribution is -2.38. The Labute approximate surface area is 93.3 Å². The molecule has 2 rings (SSSR count). The van der Waals surface area contributed by atoms with Gasteiger partial charge in [-0.2, -0.15) is 5.26 Å². The van der Waals surface area contributed by atoms with Crippen molar-refractivity contribution in [3.05, 3.63) is 0 Å². The Kier molecular flexibility index (Phi) is 3.64. The van der Waals surface area contributed by atoms with Gasteiger partial charge in [-0.3, -0.25) is 4.90 Å². The van der Waals surface area contributed by atoms with Gasteiger partial charge in [0.05, 0.1) is 12.0 Å². The largest absolute Gasteiger partial charge is 0.299 e. The topological polar surface area (TPSA) is 27.0 Å². The molecular formula is C13H22N2. The van der Waals surface area contributed by atoms with Gasteiger partial charge >= 0.3 is 0 Å². The number of nitriles is 1. The van der Waals surface area contributed by atoms with E-state index in [0.29, 0.717) is 12.0 Å². The summed E-state index contributed by atoms with van der Waals surface area (Å²) in [4.78, 5) is 2.60. The van der Waals surface area contributed by atoms with Crippen LogP contribution in [0.1, 0.15) is 45.4 Å². The van der Waals surface area contributed by atoms with Crippen LogP contribution in [-0.4, -0.2) is 24.0 Å². The third kappa shape index (κ3) is 2.52. The Hall–Kier alpha value is -0.550.